The molecular weight excluding hydrogens is 296 g/mol. The Morgan fingerprint density at radius 1 is 0.952 bits per heavy atom. The van der Waals surface area contributed by atoms with Gasteiger partial charge in [0.05, 0.1) is 0 Å². The molecule has 0 aliphatic heterocycles. The summed E-state index contributed by atoms with van der Waals surface area (Å²) in [6.07, 6.45) is 4.93. The molecule has 0 saturated heterocycles. The van der Waals surface area contributed by atoms with Gasteiger partial charge in [-0.15, -0.1) is 0 Å². The highest BCUT2D eigenvalue weighted by atomic mass is 28.4. The van der Waals surface area contributed by atoms with Crippen LogP contribution in [0.4, 0.5) is 0 Å². The van der Waals surface area contributed by atoms with Gasteiger partial charge in [-0.1, -0.05) is 12.7 Å². The molecule has 0 unspecified atom stereocenters. The van der Waals surface area contributed by atoms with Crippen LogP contribution >= 0.6 is 0 Å². The number of rotatable bonds is 10. The van der Waals surface area contributed by atoms with E-state index in [4.69, 9.17) is 18.0 Å². The zero-order valence-electron chi connectivity index (χ0n) is 12.4. The summed E-state index contributed by atoms with van der Waals surface area (Å²) in [5.74, 6) is -1.32. The second kappa shape index (κ2) is 11.0. The minimum absolute atomic E-state index is 0.00426. The third kappa shape index (κ3) is 8.20. The van der Waals surface area contributed by atoms with Crippen molar-refractivity contribution in [3.63, 3.8) is 0 Å². The quantitative estimate of drug-likeness (QED) is 0.255. The third-order valence-corrected chi connectivity index (χ3v) is 4.55. The number of hydrogen-bond donors (Lipinski definition) is 0. The minimum Gasteiger partial charge on any atom is -0.458 e. The molecule has 0 N–H and O–H groups in total. The zero-order valence-corrected chi connectivity index (χ0v) is 13.4. The summed E-state index contributed by atoms with van der Waals surface area (Å²) in [7, 11) is 1.58. The molecule has 0 radical (unpaired) electrons. The molecule has 7 nitrogen and oxygen atoms in total. The van der Waals surface area contributed by atoms with E-state index in [0.717, 1.165) is 12.2 Å². The lowest BCUT2D eigenvalue weighted by Crippen LogP contribution is -2.41. The number of carbonyl (C=O) groups is 2. The van der Waals surface area contributed by atoms with E-state index in [9.17, 15) is 9.59 Å². The Balaban J connectivity index is 4.17. The Kier molecular flexibility index (Phi) is 10.1. The summed E-state index contributed by atoms with van der Waals surface area (Å²) in [6.45, 7) is 3.47. The molecule has 0 fully saturated rings. The molecule has 0 saturated carbocycles. The van der Waals surface area contributed by atoms with Crippen LogP contribution in [0.1, 0.15) is 0 Å². The Labute approximate surface area is 125 Å². The van der Waals surface area contributed by atoms with Crippen LogP contribution in [0.3, 0.4) is 0 Å². The normalized spacial score (nSPS) is 11.8. The summed E-state index contributed by atoms with van der Waals surface area (Å²) < 4.78 is 24.9. The van der Waals surface area contributed by atoms with Gasteiger partial charge in [-0.05, 0) is 11.8 Å². The van der Waals surface area contributed by atoms with Crippen molar-refractivity contribution in [1.82, 2.24) is 0 Å². The summed E-state index contributed by atoms with van der Waals surface area (Å²) in [5, 5.41) is 0. The molecule has 0 aromatic carbocycles. The van der Waals surface area contributed by atoms with Gasteiger partial charge in [0.15, 0.2) is 0 Å². The van der Waals surface area contributed by atoms with Crippen LogP contribution < -0.4 is 0 Å². The molecule has 0 amide bonds. The van der Waals surface area contributed by atoms with E-state index in [1.54, 1.807) is 11.8 Å². The molecule has 0 spiro atoms. The maximum Gasteiger partial charge on any atom is 0.528 e. The largest absolute Gasteiger partial charge is 0.528 e. The number of esters is 2. The first-order valence-corrected chi connectivity index (χ1v) is 7.79. The SMILES string of the molecule is C=CCOC(=O)/C=C/C(=O)OCC=C[Si](OC)(OC)OC. The lowest BCUT2D eigenvalue weighted by atomic mass is 10.5. The zero-order chi connectivity index (χ0) is 16.1. The molecule has 0 rings (SSSR count). The predicted molar refractivity (Wildman–Crippen MR) is 77.2 cm³/mol. The summed E-state index contributed by atoms with van der Waals surface area (Å²) >= 11 is 0. The van der Waals surface area contributed by atoms with Crippen molar-refractivity contribution in [2.24, 2.45) is 0 Å². The van der Waals surface area contributed by atoms with E-state index < -0.39 is 20.7 Å². The Bertz CT molecular complexity index is 391. The van der Waals surface area contributed by atoms with Crippen LogP contribution in [-0.4, -0.2) is 55.3 Å². The molecule has 0 bridgehead atoms. The smallest absolute Gasteiger partial charge is 0.458 e. The van der Waals surface area contributed by atoms with E-state index in [1.165, 1.54) is 27.4 Å². The number of hydrogen-bond acceptors (Lipinski definition) is 7. The van der Waals surface area contributed by atoms with Crippen molar-refractivity contribution in [2.45, 2.75) is 0 Å². The van der Waals surface area contributed by atoms with Crippen molar-refractivity contribution in [1.29, 1.82) is 0 Å². The first-order valence-electron chi connectivity index (χ1n) is 5.99. The van der Waals surface area contributed by atoms with Crippen LogP contribution in [-0.2, 0) is 32.3 Å². The number of ether oxygens (including phenoxy) is 2. The molecule has 0 heterocycles. The predicted octanol–water partition coefficient (Wildman–Crippen LogP) is 0.788. The lowest BCUT2D eigenvalue weighted by molar-refractivity contribution is -0.139. The average molecular weight is 316 g/mol. The van der Waals surface area contributed by atoms with Gasteiger partial charge in [-0.3, -0.25) is 0 Å². The molecule has 0 aliphatic rings. The second-order valence-electron chi connectivity index (χ2n) is 3.50. The van der Waals surface area contributed by atoms with E-state index >= 15 is 0 Å². The van der Waals surface area contributed by atoms with Gasteiger partial charge in [0.25, 0.3) is 0 Å². The molecule has 8 heteroatoms. The minimum atomic E-state index is -2.81. The third-order valence-electron chi connectivity index (χ3n) is 2.20. The van der Waals surface area contributed by atoms with Crippen molar-refractivity contribution in [3.05, 3.63) is 36.6 Å². The van der Waals surface area contributed by atoms with Gasteiger partial charge in [-0.25, -0.2) is 9.59 Å². The summed E-state index contributed by atoms with van der Waals surface area (Å²) in [5.41, 5.74) is 1.59. The Morgan fingerprint density at radius 2 is 1.43 bits per heavy atom. The maximum absolute atomic E-state index is 11.3. The van der Waals surface area contributed by atoms with Crippen LogP contribution in [0.15, 0.2) is 36.6 Å². The molecule has 0 atom stereocenters. The fourth-order valence-corrected chi connectivity index (χ4v) is 2.44. The van der Waals surface area contributed by atoms with Crippen LogP contribution in [0.25, 0.3) is 0 Å². The van der Waals surface area contributed by atoms with Gasteiger partial charge in [0.2, 0.25) is 0 Å². The van der Waals surface area contributed by atoms with E-state index in [1.807, 2.05) is 0 Å². The van der Waals surface area contributed by atoms with Crippen molar-refractivity contribution >= 4 is 20.7 Å². The second-order valence-corrected chi connectivity index (χ2v) is 6.27. The standard InChI is InChI=1S/C13H20O7Si/c1-5-9-19-12(14)7-8-13(15)20-10-6-11-21(16-2,17-3)18-4/h5-8,11H,1,9-10H2,2-4H3/b8-7+,11-6?. The first kappa shape index (κ1) is 19.3. The van der Waals surface area contributed by atoms with Gasteiger partial charge in [0.1, 0.15) is 13.2 Å². The van der Waals surface area contributed by atoms with Crippen LogP contribution in [0.5, 0.6) is 0 Å². The monoisotopic (exact) mass is 316 g/mol. The molecule has 0 aromatic heterocycles. The van der Waals surface area contributed by atoms with E-state index in [0.29, 0.717) is 0 Å². The maximum atomic E-state index is 11.3. The molecule has 21 heavy (non-hydrogen) atoms. The fraction of sp³-hybridized carbons (Fsp3) is 0.385. The molecule has 0 aromatic rings. The highest BCUT2D eigenvalue weighted by Crippen LogP contribution is 2.07. The van der Waals surface area contributed by atoms with Crippen molar-refractivity contribution in [2.75, 3.05) is 34.5 Å². The summed E-state index contributed by atoms with van der Waals surface area (Å²) in [4.78, 5) is 22.4. The first-order chi connectivity index (χ1) is 10.0. The molecule has 118 valence electrons. The topological polar surface area (TPSA) is 80.3 Å². The Hall–Kier alpha value is -1.74. The van der Waals surface area contributed by atoms with Gasteiger partial charge in [0, 0.05) is 33.5 Å². The molecular formula is C13H20O7Si. The van der Waals surface area contributed by atoms with Gasteiger partial charge >= 0.3 is 20.7 Å². The van der Waals surface area contributed by atoms with E-state index in [-0.39, 0.29) is 13.2 Å². The average Bonchev–Trinajstić information content (AvgIpc) is 2.51. The Morgan fingerprint density at radius 3 is 1.86 bits per heavy atom. The van der Waals surface area contributed by atoms with Crippen molar-refractivity contribution < 1.29 is 32.3 Å². The molecule has 0 aliphatic carbocycles. The highest BCUT2D eigenvalue weighted by Gasteiger charge is 2.34. The fourth-order valence-electron chi connectivity index (χ4n) is 1.15. The van der Waals surface area contributed by atoms with E-state index in [2.05, 4.69) is 11.3 Å². The van der Waals surface area contributed by atoms with Crippen molar-refractivity contribution in [3.8, 4) is 0 Å². The lowest BCUT2D eigenvalue weighted by Gasteiger charge is -2.20. The number of carbonyl (C=O) groups excluding carboxylic acids is 2. The highest BCUT2D eigenvalue weighted by molar-refractivity contribution is 6.66. The van der Waals surface area contributed by atoms with Gasteiger partial charge in [-0.2, -0.15) is 0 Å². The summed E-state index contributed by atoms with van der Waals surface area (Å²) in [6, 6.07) is 0. The van der Waals surface area contributed by atoms with Crippen LogP contribution in [0.2, 0.25) is 0 Å². The van der Waals surface area contributed by atoms with Gasteiger partial charge < -0.3 is 22.8 Å². The van der Waals surface area contributed by atoms with Crippen LogP contribution in [0, 0.1) is 0 Å².